The Morgan fingerprint density at radius 1 is 1.29 bits per heavy atom. The van der Waals surface area contributed by atoms with Gasteiger partial charge in [0.05, 0.1) is 11.1 Å². The Morgan fingerprint density at radius 3 is 3.14 bits per heavy atom. The maximum atomic E-state index is 4.61. The van der Waals surface area contributed by atoms with E-state index in [4.69, 9.17) is 0 Å². The summed E-state index contributed by atoms with van der Waals surface area (Å²) in [5.74, 6) is 0. The molecule has 0 amide bonds. The molecule has 0 saturated heterocycles. The molecule has 14 heavy (non-hydrogen) atoms. The van der Waals surface area contributed by atoms with E-state index in [-0.39, 0.29) is 0 Å². The highest BCUT2D eigenvalue weighted by Crippen LogP contribution is 2.20. The second-order valence-corrected chi connectivity index (χ2v) is 3.72. The molecule has 0 spiro atoms. The first-order valence-corrected chi connectivity index (χ1v) is 4.92. The molecule has 0 saturated carbocycles. The molecule has 0 aromatic heterocycles. The molecule has 1 aromatic carbocycles. The summed E-state index contributed by atoms with van der Waals surface area (Å²) in [5.41, 5.74) is 3.76. The van der Waals surface area contributed by atoms with Crippen LogP contribution in [0, 0.1) is 6.92 Å². The van der Waals surface area contributed by atoms with E-state index >= 15 is 0 Å². The van der Waals surface area contributed by atoms with E-state index in [1.807, 2.05) is 0 Å². The maximum Gasteiger partial charge on any atom is 0.0718 e. The number of nitrogens with zero attached hydrogens (tertiary/aromatic N) is 1. The molecule has 0 N–H and O–H groups in total. The van der Waals surface area contributed by atoms with Gasteiger partial charge in [-0.1, -0.05) is 30.4 Å². The monoisotopic (exact) mass is 181 g/mol. The first kappa shape index (κ1) is 7.74. The number of hydrogen-bond donors (Lipinski definition) is 0. The van der Waals surface area contributed by atoms with Crippen LogP contribution in [-0.4, -0.2) is 0 Å². The Balaban J connectivity index is 2.53. The summed E-state index contributed by atoms with van der Waals surface area (Å²) in [6.45, 7) is 2.15. The minimum Gasteiger partial charge on any atom is -0.248 e. The van der Waals surface area contributed by atoms with Gasteiger partial charge in [-0.25, -0.2) is 4.99 Å². The summed E-state index contributed by atoms with van der Waals surface area (Å²) in [4.78, 5) is 4.61. The van der Waals surface area contributed by atoms with Gasteiger partial charge in [-0.3, -0.25) is 0 Å². The standard InChI is InChI=1S/C13H11N/c1-9-5-4-8-12-13(9)10-6-2-3-7-11(10)14-12/h2,4-8H,3H2,1H3. The zero-order valence-electron chi connectivity index (χ0n) is 8.12. The van der Waals surface area contributed by atoms with Gasteiger partial charge in [-0.15, -0.1) is 0 Å². The van der Waals surface area contributed by atoms with Crippen LogP contribution in [0.5, 0.6) is 0 Å². The largest absolute Gasteiger partial charge is 0.248 e. The van der Waals surface area contributed by atoms with E-state index in [9.17, 15) is 0 Å². The highest BCUT2D eigenvalue weighted by molar-refractivity contribution is 5.76. The fourth-order valence-electron chi connectivity index (χ4n) is 2.10. The van der Waals surface area contributed by atoms with Gasteiger partial charge in [0.25, 0.3) is 0 Å². The van der Waals surface area contributed by atoms with E-state index in [0.717, 1.165) is 17.5 Å². The van der Waals surface area contributed by atoms with Crippen molar-refractivity contribution in [3.05, 3.63) is 58.3 Å². The molecule has 1 aromatic rings. The predicted molar refractivity (Wildman–Crippen MR) is 57.2 cm³/mol. The lowest BCUT2D eigenvalue weighted by atomic mass is 10.0. The average molecular weight is 181 g/mol. The lowest BCUT2D eigenvalue weighted by molar-refractivity contribution is 1.24. The van der Waals surface area contributed by atoms with Crippen LogP contribution < -0.4 is 10.6 Å². The first-order valence-electron chi connectivity index (χ1n) is 4.92. The molecule has 2 aliphatic rings. The number of hydrogen-bond acceptors (Lipinski definition) is 1. The van der Waals surface area contributed by atoms with Gasteiger partial charge in [0.1, 0.15) is 0 Å². The summed E-state index contributed by atoms with van der Waals surface area (Å²) in [5, 5.41) is 2.44. The van der Waals surface area contributed by atoms with Crippen molar-refractivity contribution in [3.8, 4) is 0 Å². The van der Waals surface area contributed by atoms with Crippen LogP contribution in [0.25, 0.3) is 5.57 Å². The van der Waals surface area contributed by atoms with Crippen LogP contribution in [0.3, 0.4) is 0 Å². The van der Waals surface area contributed by atoms with Gasteiger partial charge in [0, 0.05) is 10.8 Å². The third-order valence-corrected chi connectivity index (χ3v) is 2.77. The molecule has 0 unspecified atom stereocenters. The highest BCUT2D eigenvalue weighted by Gasteiger charge is 2.12. The molecule has 0 atom stereocenters. The Morgan fingerprint density at radius 2 is 2.21 bits per heavy atom. The zero-order valence-corrected chi connectivity index (χ0v) is 8.12. The third-order valence-electron chi connectivity index (χ3n) is 2.77. The first-order chi connectivity index (χ1) is 6.86. The molecular weight excluding hydrogens is 170 g/mol. The normalized spacial score (nSPS) is 17.2. The molecular formula is C13H11N. The summed E-state index contributed by atoms with van der Waals surface area (Å²) < 4.78 is 0. The van der Waals surface area contributed by atoms with Crippen LogP contribution in [0.1, 0.15) is 12.0 Å². The Labute approximate surface area is 82.8 Å². The predicted octanol–water partition coefficient (Wildman–Crippen LogP) is 1.62. The number of allylic oxidation sites excluding steroid dienone is 3. The zero-order chi connectivity index (χ0) is 9.54. The van der Waals surface area contributed by atoms with E-state index in [0.29, 0.717) is 0 Å². The van der Waals surface area contributed by atoms with Gasteiger partial charge in [-0.05, 0) is 25.0 Å². The van der Waals surface area contributed by atoms with Crippen molar-refractivity contribution in [1.82, 2.24) is 0 Å². The number of aryl methyl sites for hydroxylation is 1. The molecule has 0 fully saturated rings. The molecule has 1 aliphatic carbocycles. The van der Waals surface area contributed by atoms with Gasteiger partial charge >= 0.3 is 0 Å². The van der Waals surface area contributed by atoms with Gasteiger partial charge in [0.15, 0.2) is 0 Å². The minimum atomic E-state index is 1.01. The van der Waals surface area contributed by atoms with Crippen LogP contribution in [0.4, 0.5) is 0 Å². The SMILES string of the molecule is Cc1cccc2c1=C1C=CCC=C1N=2. The summed E-state index contributed by atoms with van der Waals surface area (Å²) in [6, 6.07) is 6.30. The van der Waals surface area contributed by atoms with E-state index in [1.54, 1.807) is 0 Å². The van der Waals surface area contributed by atoms with Gasteiger partial charge in [-0.2, -0.15) is 0 Å². The third kappa shape index (κ3) is 0.925. The minimum absolute atomic E-state index is 1.01. The second kappa shape index (κ2) is 2.68. The molecule has 68 valence electrons. The quantitative estimate of drug-likeness (QED) is 0.576. The van der Waals surface area contributed by atoms with Crippen molar-refractivity contribution in [2.45, 2.75) is 13.3 Å². The lowest BCUT2D eigenvalue weighted by Gasteiger charge is -2.02. The molecule has 1 aliphatic heterocycles. The van der Waals surface area contributed by atoms with Crippen LogP contribution in [0.15, 0.2) is 47.1 Å². The molecule has 0 bridgehead atoms. The fourth-order valence-corrected chi connectivity index (χ4v) is 2.10. The van der Waals surface area contributed by atoms with Crippen molar-refractivity contribution in [2.24, 2.45) is 4.99 Å². The average Bonchev–Trinajstić information content (AvgIpc) is 2.57. The van der Waals surface area contributed by atoms with E-state index < -0.39 is 0 Å². The van der Waals surface area contributed by atoms with Gasteiger partial charge < -0.3 is 0 Å². The fraction of sp³-hybridized carbons (Fsp3) is 0.154. The van der Waals surface area contributed by atoms with Crippen molar-refractivity contribution >= 4 is 5.57 Å². The Hall–Kier alpha value is -1.63. The molecule has 0 radical (unpaired) electrons. The number of fused-ring (bicyclic) bond motifs is 2. The van der Waals surface area contributed by atoms with Crippen molar-refractivity contribution in [1.29, 1.82) is 0 Å². The second-order valence-electron chi connectivity index (χ2n) is 3.72. The topological polar surface area (TPSA) is 12.4 Å². The van der Waals surface area contributed by atoms with Crippen LogP contribution in [0.2, 0.25) is 0 Å². The van der Waals surface area contributed by atoms with Crippen molar-refractivity contribution in [2.75, 3.05) is 0 Å². The van der Waals surface area contributed by atoms with E-state index in [1.165, 1.54) is 16.4 Å². The maximum absolute atomic E-state index is 4.61. The van der Waals surface area contributed by atoms with Crippen molar-refractivity contribution in [3.63, 3.8) is 0 Å². The molecule has 1 heterocycles. The van der Waals surface area contributed by atoms with Crippen molar-refractivity contribution < 1.29 is 0 Å². The number of rotatable bonds is 0. The molecule has 1 nitrogen and oxygen atoms in total. The number of benzene rings is 1. The van der Waals surface area contributed by atoms with E-state index in [2.05, 4.69) is 48.3 Å². The van der Waals surface area contributed by atoms with Crippen LogP contribution >= 0.6 is 0 Å². The summed E-state index contributed by atoms with van der Waals surface area (Å²) in [6.07, 6.45) is 7.58. The van der Waals surface area contributed by atoms with Gasteiger partial charge in [0.2, 0.25) is 0 Å². The lowest BCUT2D eigenvalue weighted by Crippen LogP contribution is -2.25. The molecule has 1 heteroatoms. The summed E-state index contributed by atoms with van der Waals surface area (Å²) >= 11 is 0. The molecule has 3 rings (SSSR count). The van der Waals surface area contributed by atoms with Crippen LogP contribution in [-0.2, 0) is 0 Å². The smallest absolute Gasteiger partial charge is 0.0718 e. The Bertz CT molecular complexity index is 574. The highest BCUT2D eigenvalue weighted by atomic mass is 14.8. The summed E-state index contributed by atoms with van der Waals surface area (Å²) in [7, 11) is 0. The Kier molecular flexibility index (Phi) is 1.48.